The number of carbonyl (C=O) groups excluding carboxylic acids is 2. The molecule has 1 aliphatic rings. The smallest absolute Gasteiger partial charge is 0.338 e. The van der Waals surface area contributed by atoms with Gasteiger partial charge in [0.15, 0.2) is 0 Å². The molecule has 0 fully saturated rings. The number of urea groups is 1. The predicted octanol–water partition coefficient (Wildman–Crippen LogP) is 3.79. The summed E-state index contributed by atoms with van der Waals surface area (Å²) in [7, 11) is 1.79. The molecule has 6 nitrogen and oxygen atoms in total. The van der Waals surface area contributed by atoms with E-state index in [1.54, 1.807) is 55.3 Å². The zero-order valence-electron chi connectivity index (χ0n) is 16.0. The zero-order chi connectivity index (χ0) is 21.0. The van der Waals surface area contributed by atoms with E-state index in [1.807, 2.05) is 0 Å². The lowest BCUT2D eigenvalue weighted by Crippen LogP contribution is -2.48. The van der Waals surface area contributed by atoms with Gasteiger partial charge in [-0.15, -0.1) is 0 Å². The van der Waals surface area contributed by atoms with Crippen molar-refractivity contribution in [2.24, 2.45) is 0 Å². The molecule has 1 aliphatic heterocycles. The van der Waals surface area contributed by atoms with E-state index >= 15 is 0 Å². The molecule has 8 heteroatoms. The lowest BCUT2D eigenvalue weighted by Gasteiger charge is -2.31. The Labute approximate surface area is 173 Å². The molecule has 3 rings (SSSR count). The first-order valence-electron chi connectivity index (χ1n) is 9.09. The highest BCUT2D eigenvalue weighted by Gasteiger charge is 2.34. The Hall–Kier alpha value is -3.06. The Morgan fingerprint density at radius 3 is 2.45 bits per heavy atom. The van der Waals surface area contributed by atoms with Crippen LogP contribution in [0.4, 0.5) is 14.9 Å². The molecule has 2 amide bonds. The fraction of sp³-hybridized carbons (Fsp3) is 0.238. The molecule has 1 heterocycles. The SMILES string of the molecule is CCOC(=O)C1=C(CN(C)c2ccc(F)cc2)NC(=O)N[C@@H]1c1ccc(Cl)cc1. The second-order valence-corrected chi connectivity index (χ2v) is 6.96. The van der Waals surface area contributed by atoms with E-state index in [9.17, 15) is 14.0 Å². The molecule has 2 N–H and O–H groups in total. The van der Waals surface area contributed by atoms with Crippen molar-refractivity contribution in [3.63, 3.8) is 0 Å². The standard InChI is InChI=1S/C21H21ClFN3O3/c1-3-29-20(27)18-17(12-26(2)16-10-8-15(23)9-11-16)24-21(28)25-19(18)13-4-6-14(22)7-5-13/h4-11,19H,3,12H2,1-2H3,(H2,24,25,28)/t19-/m1/s1. The maximum atomic E-state index is 13.2. The van der Waals surface area contributed by atoms with Crippen molar-refractivity contribution in [1.29, 1.82) is 0 Å². The molecule has 0 bridgehead atoms. The van der Waals surface area contributed by atoms with Crippen molar-refractivity contribution in [2.45, 2.75) is 13.0 Å². The van der Waals surface area contributed by atoms with Gasteiger partial charge in [-0.05, 0) is 48.9 Å². The van der Waals surface area contributed by atoms with E-state index in [0.717, 1.165) is 5.69 Å². The summed E-state index contributed by atoms with van der Waals surface area (Å²) >= 11 is 5.97. The first kappa shape index (κ1) is 20.7. The largest absolute Gasteiger partial charge is 0.463 e. The van der Waals surface area contributed by atoms with Crippen LogP contribution in [0.3, 0.4) is 0 Å². The van der Waals surface area contributed by atoms with E-state index in [2.05, 4.69) is 10.6 Å². The maximum absolute atomic E-state index is 13.2. The highest BCUT2D eigenvalue weighted by Crippen LogP contribution is 2.29. The van der Waals surface area contributed by atoms with Crippen LogP contribution in [0.5, 0.6) is 0 Å². The van der Waals surface area contributed by atoms with Crippen LogP contribution in [-0.4, -0.2) is 32.2 Å². The highest BCUT2D eigenvalue weighted by atomic mass is 35.5. The van der Waals surface area contributed by atoms with Gasteiger partial charge in [-0.2, -0.15) is 0 Å². The highest BCUT2D eigenvalue weighted by molar-refractivity contribution is 6.30. The van der Waals surface area contributed by atoms with Crippen molar-refractivity contribution < 1.29 is 18.7 Å². The Morgan fingerprint density at radius 2 is 1.83 bits per heavy atom. The van der Waals surface area contributed by atoms with Crippen molar-refractivity contribution in [3.8, 4) is 0 Å². The number of hydrogen-bond acceptors (Lipinski definition) is 4. The number of amides is 2. The van der Waals surface area contributed by atoms with Crippen molar-refractivity contribution in [1.82, 2.24) is 10.6 Å². The average Bonchev–Trinajstić information content (AvgIpc) is 2.68. The summed E-state index contributed by atoms with van der Waals surface area (Å²) in [6.45, 7) is 2.14. The molecule has 0 aliphatic carbocycles. The average molecular weight is 418 g/mol. The normalized spacial score (nSPS) is 16.1. The third-order valence-corrected chi connectivity index (χ3v) is 4.77. The van der Waals surface area contributed by atoms with Gasteiger partial charge in [0.05, 0.1) is 30.5 Å². The number of carbonyl (C=O) groups is 2. The molecular weight excluding hydrogens is 397 g/mol. The lowest BCUT2D eigenvalue weighted by atomic mass is 9.95. The molecular formula is C21H21ClFN3O3. The van der Waals surface area contributed by atoms with Gasteiger partial charge in [-0.25, -0.2) is 14.0 Å². The van der Waals surface area contributed by atoms with Crippen molar-refractivity contribution >= 4 is 29.3 Å². The van der Waals surface area contributed by atoms with Crippen LogP contribution in [0.1, 0.15) is 18.5 Å². The summed E-state index contributed by atoms with van der Waals surface area (Å²) in [5.41, 5.74) is 2.16. The summed E-state index contributed by atoms with van der Waals surface area (Å²) in [6, 6.07) is 11.7. The van der Waals surface area contributed by atoms with E-state index in [1.165, 1.54) is 12.1 Å². The number of likely N-dealkylation sites (N-methyl/N-ethyl adjacent to an activating group) is 1. The van der Waals surface area contributed by atoms with Crippen LogP contribution in [0.2, 0.25) is 5.02 Å². The summed E-state index contributed by atoms with van der Waals surface area (Å²) < 4.78 is 18.5. The lowest BCUT2D eigenvalue weighted by molar-refractivity contribution is -0.139. The van der Waals surface area contributed by atoms with Gasteiger partial charge in [0.2, 0.25) is 0 Å². The van der Waals surface area contributed by atoms with E-state index in [0.29, 0.717) is 21.9 Å². The van der Waals surface area contributed by atoms with Crippen LogP contribution in [-0.2, 0) is 9.53 Å². The number of anilines is 1. The van der Waals surface area contributed by atoms with Crippen LogP contribution >= 0.6 is 11.6 Å². The molecule has 1 atom stereocenters. The topological polar surface area (TPSA) is 70.7 Å². The van der Waals surface area contributed by atoms with Gasteiger partial charge in [0.25, 0.3) is 0 Å². The van der Waals surface area contributed by atoms with E-state index in [-0.39, 0.29) is 19.0 Å². The molecule has 0 unspecified atom stereocenters. The number of rotatable bonds is 6. The number of nitrogens with one attached hydrogen (secondary N) is 2. The van der Waals surface area contributed by atoms with Gasteiger partial charge in [0, 0.05) is 17.8 Å². The Morgan fingerprint density at radius 1 is 1.17 bits per heavy atom. The Balaban J connectivity index is 2.00. The minimum Gasteiger partial charge on any atom is -0.463 e. The molecule has 0 radical (unpaired) electrons. The summed E-state index contributed by atoms with van der Waals surface area (Å²) in [4.78, 5) is 26.9. The van der Waals surface area contributed by atoms with E-state index < -0.39 is 18.0 Å². The monoisotopic (exact) mass is 417 g/mol. The molecule has 152 valence electrons. The number of halogens is 2. The Kier molecular flexibility index (Phi) is 6.39. The molecule has 0 saturated carbocycles. The third-order valence-electron chi connectivity index (χ3n) is 4.52. The molecule has 0 aromatic heterocycles. The summed E-state index contributed by atoms with van der Waals surface area (Å²) in [5, 5.41) is 6.04. The van der Waals surface area contributed by atoms with Crippen molar-refractivity contribution in [2.75, 3.05) is 25.1 Å². The molecule has 0 saturated heterocycles. The second-order valence-electron chi connectivity index (χ2n) is 6.53. The molecule has 29 heavy (non-hydrogen) atoms. The summed E-state index contributed by atoms with van der Waals surface area (Å²) in [5.74, 6) is -0.867. The first-order valence-corrected chi connectivity index (χ1v) is 9.46. The van der Waals surface area contributed by atoms with Gasteiger partial charge >= 0.3 is 12.0 Å². The second kappa shape index (κ2) is 8.96. The molecule has 0 spiro atoms. The quantitative estimate of drug-likeness (QED) is 0.701. The number of nitrogens with zero attached hydrogens (tertiary/aromatic N) is 1. The van der Waals surface area contributed by atoms with Gasteiger partial charge < -0.3 is 20.3 Å². The van der Waals surface area contributed by atoms with Gasteiger partial charge in [-0.3, -0.25) is 0 Å². The van der Waals surface area contributed by atoms with Crippen LogP contribution in [0, 0.1) is 5.82 Å². The first-order chi connectivity index (χ1) is 13.9. The van der Waals surface area contributed by atoms with Crippen molar-refractivity contribution in [3.05, 3.63) is 76.2 Å². The number of benzene rings is 2. The van der Waals surface area contributed by atoms with Gasteiger partial charge in [-0.1, -0.05) is 23.7 Å². The third kappa shape index (κ3) is 4.86. The summed E-state index contributed by atoms with van der Waals surface area (Å²) in [6.07, 6.45) is 0. The fourth-order valence-electron chi connectivity index (χ4n) is 3.12. The van der Waals surface area contributed by atoms with Crippen LogP contribution in [0.15, 0.2) is 59.8 Å². The molecule has 2 aromatic rings. The molecule has 2 aromatic carbocycles. The predicted molar refractivity (Wildman–Crippen MR) is 109 cm³/mol. The number of hydrogen-bond donors (Lipinski definition) is 2. The minimum atomic E-state index is -0.684. The maximum Gasteiger partial charge on any atom is 0.338 e. The number of esters is 1. The van der Waals surface area contributed by atoms with Crippen LogP contribution < -0.4 is 15.5 Å². The number of ether oxygens (including phenoxy) is 1. The minimum absolute atomic E-state index is 0.199. The van der Waals surface area contributed by atoms with Crippen LogP contribution in [0.25, 0.3) is 0 Å². The Bertz CT molecular complexity index is 929. The zero-order valence-corrected chi connectivity index (χ0v) is 16.8. The van der Waals surface area contributed by atoms with Gasteiger partial charge in [0.1, 0.15) is 5.82 Å². The van der Waals surface area contributed by atoms with E-state index in [4.69, 9.17) is 16.3 Å². The fourth-order valence-corrected chi connectivity index (χ4v) is 3.25.